The monoisotopic (exact) mass is 479 g/mol. The maximum Gasteiger partial charge on any atom is 0.283 e. The van der Waals surface area contributed by atoms with Crippen LogP contribution in [0.15, 0.2) is 77.5 Å². The van der Waals surface area contributed by atoms with Gasteiger partial charge < -0.3 is 10.6 Å². The molecule has 166 valence electrons. The third kappa shape index (κ3) is 4.49. The zero-order valence-electron chi connectivity index (χ0n) is 17.8. The van der Waals surface area contributed by atoms with E-state index in [1.807, 2.05) is 32.0 Å². The van der Waals surface area contributed by atoms with Crippen LogP contribution in [0.5, 0.6) is 0 Å². The van der Waals surface area contributed by atoms with Crippen molar-refractivity contribution < 1.29 is 14.4 Å². The molecule has 0 unspecified atom stereocenters. The van der Waals surface area contributed by atoms with Crippen LogP contribution in [0.3, 0.4) is 0 Å². The molecule has 0 radical (unpaired) electrons. The zero-order valence-corrected chi connectivity index (χ0v) is 19.3. The smallest absolute Gasteiger partial charge is 0.283 e. The number of benzene rings is 3. The van der Waals surface area contributed by atoms with Crippen LogP contribution in [0.25, 0.3) is 0 Å². The highest BCUT2D eigenvalue weighted by Gasteiger charge is 2.39. The van der Waals surface area contributed by atoms with Gasteiger partial charge in [0.25, 0.3) is 17.7 Å². The summed E-state index contributed by atoms with van der Waals surface area (Å²) in [6.07, 6.45) is 0. The largest absolute Gasteiger partial charge is 0.350 e. The molecule has 0 spiro atoms. The first-order valence-corrected chi connectivity index (χ1v) is 10.8. The number of hydrogen-bond acceptors (Lipinski definition) is 4. The molecule has 0 fully saturated rings. The molecule has 3 amide bonds. The number of imide groups is 1. The topological polar surface area (TPSA) is 78.5 Å². The van der Waals surface area contributed by atoms with Gasteiger partial charge in [-0.15, -0.1) is 0 Å². The van der Waals surface area contributed by atoms with Crippen molar-refractivity contribution in [1.29, 1.82) is 0 Å². The highest BCUT2D eigenvalue weighted by molar-refractivity contribution is 6.53. The van der Waals surface area contributed by atoms with Crippen molar-refractivity contribution in [2.24, 2.45) is 0 Å². The fourth-order valence-electron chi connectivity index (χ4n) is 3.33. The number of halogens is 2. The second kappa shape index (κ2) is 9.10. The molecule has 0 aromatic heterocycles. The minimum Gasteiger partial charge on any atom is -0.350 e. The van der Waals surface area contributed by atoms with Crippen molar-refractivity contribution in [3.8, 4) is 0 Å². The summed E-state index contributed by atoms with van der Waals surface area (Å²) in [5.41, 5.74) is 4.05. The van der Waals surface area contributed by atoms with Crippen LogP contribution < -0.4 is 15.5 Å². The van der Waals surface area contributed by atoms with E-state index in [1.54, 1.807) is 48.5 Å². The van der Waals surface area contributed by atoms with Crippen molar-refractivity contribution in [2.75, 3.05) is 15.5 Å². The molecule has 0 bridgehead atoms. The lowest BCUT2D eigenvalue weighted by atomic mass is 10.1. The van der Waals surface area contributed by atoms with Gasteiger partial charge in [-0.05, 0) is 73.5 Å². The number of amides is 3. The van der Waals surface area contributed by atoms with E-state index in [4.69, 9.17) is 23.2 Å². The summed E-state index contributed by atoms with van der Waals surface area (Å²) >= 11 is 12.3. The van der Waals surface area contributed by atoms with Crippen molar-refractivity contribution >= 4 is 58.0 Å². The van der Waals surface area contributed by atoms with Gasteiger partial charge in [0.05, 0.1) is 10.7 Å². The summed E-state index contributed by atoms with van der Waals surface area (Å²) in [4.78, 5) is 39.0. The third-order valence-electron chi connectivity index (χ3n) is 5.30. The van der Waals surface area contributed by atoms with Gasteiger partial charge in [-0.2, -0.15) is 0 Å². The van der Waals surface area contributed by atoms with Crippen molar-refractivity contribution in [1.82, 2.24) is 0 Å². The first-order chi connectivity index (χ1) is 15.8. The Morgan fingerprint density at radius 3 is 2.15 bits per heavy atom. The van der Waals surface area contributed by atoms with Crippen LogP contribution >= 0.6 is 23.2 Å². The van der Waals surface area contributed by atoms with Crippen LogP contribution in [0.2, 0.25) is 5.02 Å². The van der Waals surface area contributed by atoms with Gasteiger partial charge in [0.15, 0.2) is 0 Å². The van der Waals surface area contributed by atoms with Crippen LogP contribution in [-0.2, 0) is 9.59 Å². The summed E-state index contributed by atoms with van der Waals surface area (Å²) in [6.45, 7) is 3.98. The van der Waals surface area contributed by atoms with Gasteiger partial charge >= 0.3 is 0 Å². The standard InChI is InChI=1S/C25H19Cl2N3O3/c1-14-7-10-18(13-15(14)2)29-23(31)16-8-11-17(12-9-16)28-22-21(27)24(32)30(25(22)33)20-6-4-3-5-19(20)26/h3-13,28H,1-2H3,(H,29,31). The van der Waals surface area contributed by atoms with Crippen LogP contribution in [-0.4, -0.2) is 17.7 Å². The van der Waals surface area contributed by atoms with E-state index in [-0.39, 0.29) is 27.3 Å². The Balaban J connectivity index is 1.49. The number of anilines is 3. The minimum atomic E-state index is -0.665. The first kappa shape index (κ1) is 22.6. The number of nitrogens with one attached hydrogen (secondary N) is 2. The third-order valence-corrected chi connectivity index (χ3v) is 5.97. The number of carbonyl (C=O) groups is 3. The summed E-state index contributed by atoms with van der Waals surface area (Å²) in [5.74, 6) is -1.55. The second-order valence-electron chi connectivity index (χ2n) is 7.54. The highest BCUT2D eigenvalue weighted by atomic mass is 35.5. The molecule has 1 aliphatic heterocycles. The molecule has 3 aromatic carbocycles. The van der Waals surface area contributed by atoms with E-state index in [1.165, 1.54) is 0 Å². The van der Waals surface area contributed by atoms with Gasteiger partial charge in [0, 0.05) is 16.9 Å². The molecule has 0 saturated heterocycles. The first-order valence-electron chi connectivity index (χ1n) is 10.0. The quantitative estimate of drug-likeness (QED) is 0.463. The molecule has 1 heterocycles. The summed E-state index contributed by atoms with van der Waals surface area (Å²) < 4.78 is 0. The molecule has 33 heavy (non-hydrogen) atoms. The zero-order chi connectivity index (χ0) is 23.7. The maximum absolute atomic E-state index is 12.9. The molecule has 6 nitrogen and oxygen atoms in total. The van der Waals surface area contributed by atoms with Gasteiger partial charge in [0.1, 0.15) is 10.7 Å². The van der Waals surface area contributed by atoms with E-state index < -0.39 is 11.8 Å². The van der Waals surface area contributed by atoms with Gasteiger partial charge in [-0.3, -0.25) is 14.4 Å². The molecular formula is C25H19Cl2N3O3. The second-order valence-corrected chi connectivity index (χ2v) is 8.33. The molecule has 0 saturated carbocycles. The molecule has 8 heteroatoms. The van der Waals surface area contributed by atoms with Crippen LogP contribution in [0.1, 0.15) is 21.5 Å². The van der Waals surface area contributed by atoms with E-state index in [9.17, 15) is 14.4 Å². The molecule has 1 aliphatic rings. The predicted molar refractivity (Wildman–Crippen MR) is 131 cm³/mol. The van der Waals surface area contributed by atoms with E-state index in [2.05, 4.69) is 10.6 Å². The Labute approximate surface area is 200 Å². The number of rotatable bonds is 5. The van der Waals surface area contributed by atoms with Crippen LogP contribution in [0.4, 0.5) is 17.1 Å². The Morgan fingerprint density at radius 2 is 1.48 bits per heavy atom. The molecule has 0 atom stereocenters. The summed E-state index contributed by atoms with van der Waals surface area (Å²) in [6, 6.07) is 18.7. The highest BCUT2D eigenvalue weighted by Crippen LogP contribution is 2.34. The summed E-state index contributed by atoms with van der Waals surface area (Å²) in [7, 11) is 0. The average Bonchev–Trinajstić information content (AvgIpc) is 3.00. The van der Waals surface area contributed by atoms with Crippen molar-refractivity contribution in [2.45, 2.75) is 13.8 Å². The fourth-order valence-corrected chi connectivity index (χ4v) is 3.77. The SMILES string of the molecule is Cc1ccc(NC(=O)c2ccc(NC3=C(Cl)C(=O)N(c4ccccc4Cl)C3=O)cc2)cc1C. The lowest BCUT2D eigenvalue weighted by Crippen LogP contribution is -2.32. The normalized spacial score (nSPS) is 13.5. The fraction of sp³-hybridized carbons (Fsp3) is 0.0800. The Kier molecular flexibility index (Phi) is 6.22. The molecule has 2 N–H and O–H groups in total. The number of hydrogen-bond donors (Lipinski definition) is 2. The molecule has 4 rings (SSSR count). The molecule has 0 aliphatic carbocycles. The van der Waals surface area contributed by atoms with Gasteiger partial charge in [0.2, 0.25) is 0 Å². The Bertz CT molecular complexity index is 1320. The maximum atomic E-state index is 12.9. The van der Waals surface area contributed by atoms with Crippen LogP contribution in [0, 0.1) is 13.8 Å². The predicted octanol–water partition coefficient (Wildman–Crippen LogP) is 5.64. The lowest BCUT2D eigenvalue weighted by Gasteiger charge is -2.16. The van der Waals surface area contributed by atoms with Crippen molar-refractivity contribution in [3.63, 3.8) is 0 Å². The lowest BCUT2D eigenvalue weighted by molar-refractivity contribution is -0.120. The van der Waals surface area contributed by atoms with E-state index in [0.717, 1.165) is 16.0 Å². The Hall–Kier alpha value is -3.61. The number of aryl methyl sites for hydroxylation is 2. The minimum absolute atomic E-state index is 0.0612. The average molecular weight is 480 g/mol. The number of nitrogens with zero attached hydrogens (tertiary/aromatic N) is 1. The molecular weight excluding hydrogens is 461 g/mol. The van der Waals surface area contributed by atoms with Gasteiger partial charge in [-0.25, -0.2) is 4.90 Å². The summed E-state index contributed by atoms with van der Waals surface area (Å²) in [5, 5.41) is 5.76. The Morgan fingerprint density at radius 1 is 0.818 bits per heavy atom. The number of para-hydroxylation sites is 1. The van der Waals surface area contributed by atoms with E-state index in [0.29, 0.717) is 16.9 Å². The number of carbonyl (C=O) groups excluding carboxylic acids is 3. The molecule has 3 aromatic rings. The van der Waals surface area contributed by atoms with Gasteiger partial charge in [-0.1, -0.05) is 41.4 Å². The van der Waals surface area contributed by atoms with E-state index >= 15 is 0 Å². The van der Waals surface area contributed by atoms with Crippen molar-refractivity contribution in [3.05, 3.63) is 99.2 Å².